The molecule has 3 rings (SSSR count). The van der Waals surface area contributed by atoms with Crippen molar-refractivity contribution in [1.82, 2.24) is 10.2 Å². The summed E-state index contributed by atoms with van der Waals surface area (Å²) in [6.07, 6.45) is 4.01. The molecule has 1 aliphatic carbocycles. The van der Waals surface area contributed by atoms with E-state index in [9.17, 15) is 9.90 Å². The number of likely N-dealkylation sites (tertiary alicyclic amines) is 1. The highest BCUT2D eigenvalue weighted by atomic mass is 16.3. The molecule has 1 aliphatic heterocycles. The van der Waals surface area contributed by atoms with Crippen LogP contribution in [-0.4, -0.2) is 35.2 Å². The lowest BCUT2D eigenvalue weighted by Crippen LogP contribution is -2.48. The first-order valence-electron chi connectivity index (χ1n) is 8.84. The zero-order chi connectivity index (χ0) is 16.4. The second-order valence-electron chi connectivity index (χ2n) is 7.26. The van der Waals surface area contributed by atoms with Gasteiger partial charge in [-0.25, -0.2) is 4.79 Å². The average molecular weight is 316 g/mol. The number of carbonyl (C=O) groups is 1. The number of rotatable bonds is 4. The summed E-state index contributed by atoms with van der Waals surface area (Å²) in [5, 5.41) is 13.1. The average Bonchev–Trinajstić information content (AvgIpc) is 3.38. The monoisotopic (exact) mass is 316 g/mol. The van der Waals surface area contributed by atoms with Gasteiger partial charge in [-0.15, -0.1) is 0 Å². The molecule has 1 saturated heterocycles. The van der Waals surface area contributed by atoms with Gasteiger partial charge in [0.05, 0.1) is 12.1 Å². The van der Waals surface area contributed by atoms with Crippen molar-refractivity contribution in [2.75, 3.05) is 13.1 Å². The first-order valence-corrected chi connectivity index (χ1v) is 8.84. The number of aliphatic hydroxyl groups excluding tert-OH is 1. The van der Waals surface area contributed by atoms with Gasteiger partial charge in [-0.2, -0.15) is 0 Å². The van der Waals surface area contributed by atoms with E-state index in [-0.39, 0.29) is 24.1 Å². The van der Waals surface area contributed by atoms with Crippen molar-refractivity contribution in [2.45, 2.75) is 51.7 Å². The van der Waals surface area contributed by atoms with E-state index in [2.05, 4.69) is 36.5 Å². The molecule has 1 aromatic rings. The van der Waals surface area contributed by atoms with Gasteiger partial charge < -0.3 is 15.3 Å². The molecule has 1 aromatic carbocycles. The zero-order valence-electron chi connectivity index (χ0n) is 14.2. The van der Waals surface area contributed by atoms with Gasteiger partial charge in [0.25, 0.3) is 0 Å². The second-order valence-corrected chi connectivity index (χ2v) is 7.26. The molecule has 2 aliphatic rings. The van der Waals surface area contributed by atoms with Crippen molar-refractivity contribution < 1.29 is 9.90 Å². The van der Waals surface area contributed by atoms with Crippen LogP contribution in [0.5, 0.6) is 0 Å². The quantitative estimate of drug-likeness (QED) is 0.896. The van der Waals surface area contributed by atoms with Crippen LogP contribution in [0.4, 0.5) is 4.79 Å². The van der Waals surface area contributed by atoms with Gasteiger partial charge in [-0.1, -0.05) is 29.8 Å². The van der Waals surface area contributed by atoms with E-state index >= 15 is 0 Å². The topological polar surface area (TPSA) is 52.6 Å². The van der Waals surface area contributed by atoms with Crippen LogP contribution in [0.15, 0.2) is 24.3 Å². The Morgan fingerprint density at radius 2 is 1.91 bits per heavy atom. The molecule has 0 bridgehead atoms. The summed E-state index contributed by atoms with van der Waals surface area (Å²) in [6.45, 7) is 5.36. The van der Waals surface area contributed by atoms with Gasteiger partial charge >= 0.3 is 6.03 Å². The number of nitrogens with zero attached hydrogens (tertiary/aromatic N) is 1. The van der Waals surface area contributed by atoms with Crippen LogP contribution in [-0.2, 0) is 0 Å². The number of aliphatic hydroxyl groups is 1. The summed E-state index contributed by atoms with van der Waals surface area (Å²) in [5.41, 5.74) is 2.45. The molecule has 3 atom stereocenters. The zero-order valence-corrected chi connectivity index (χ0v) is 14.2. The number of aryl methyl sites for hydroxylation is 1. The van der Waals surface area contributed by atoms with E-state index in [0.717, 1.165) is 19.4 Å². The van der Waals surface area contributed by atoms with Gasteiger partial charge in [-0.3, -0.25) is 0 Å². The van der Waals surface area contributed by atoms with E-state index in [0.29, 0.717) is 12.5 Å². The minimum Gasteiger partial charge on any atom is -0.393 e. The fraction of sp³-hybridized carbons (Fsp3) is 0.632. The molecular weight excluding hydrogens is 288 g/mol. The fourth-order valence-electron chi connectivity index (χ4n) is 3.49. The summed E-state index contributed by atoms with van der Waals surface area (Å²) in [6, 6.07) is 8.63. The van der Waals surface area contributed by atoms with Crippen molar-refractivity contribution in [2.24, 2.45) is 11.8 Å². The molecule has 0 aromatic heterocycles. The molecule has 4 nitrogen and oxygen atoms in total. The van der Waals surface area contributed by atoms with Crippen LogP contribution >= 0.6 is 0 Å². The third kappa shape index (κ3) is 4.05. The molecule has 4 heteroatoms. The third-order valence-corrected chi connectivity index (χ3v) is 5.24. The van der Waals surface area contributed by atoms with Crippen molar-refractivity contribution >= 4 is 6.03 Å². The number of urea groups is 1. The SMILES string of the molecule is Cc1ccc(C(NC(=O)N2CCCC(C(C)O)C2)C2CC2)cc1. The lowest BCUT2D eigenvalue weighted by Gasteiger charge is -2.35. The van der Waals surface area contributed by atoms with Gasteiger partial charge in [0, 0.05) is 19.0 Å². The molecule has 0 spiro atoms. The number of benzene rings is 1. The van der Waals surface area contributed by atoms with E-state index in [1.54, 1.807) is 0 Å². The van der Waals surface area contributed by atoms with Crippen molar-refractivity contribution in [3.05, 3.63) is 35.4 Å². The Hall–Kier alpha value is -1.55. The standard InChI is InChI=1S/C19H28N2O2/c1-13-5-7-15(8-6-13)18(16-9-10-16)20-19(23)21-11-3-4-17(12-21)14(2)22/h5-8,14,16-18,22H,3-4,9-12H2,1-2H3,(H,20,23). The van der Waals surface area contributed by atoms with E-state index in [4.69, 9.17) is 0 Å². The first kappa shape index (κ1) is 16.3. The molecule has 2 fully saturated rings. The largest absolute Gasteiger partial charge is 0.393 e. The number of piperidine rings is 1. The Kier molecular flexibility index (Phi) is 4.90. The Labute approximate surface area is 138 Å². The third-order valence-electron chi connectivity index (χ3n) is 5.24. The van der Waals surface area contributed by atoms with Crippen LogP contribution in [0, 0.1) is 18.8 Å². The Bertz CT molecular complexity index is 537. The Morgan fingerprint density at radius 3 is 2.52 bits per heavy atom. The van der Waals surface area contributed by atoms with Crippen molar-refractivity contribution in [1.29, 1.82) is 0 Å². The summed E-state index contributed by atoms with van der Waals surface area (Å²) in [5.74, 6) is 0.771. The number of hydrogen-bond acceptors (Lipinski definition) is 2. The minimum absolute atomic E-state index is 0.0211. The fourth-order valence-corrected chi connectivity index (χ4v) is 3.49. The molecule has 23 heavy (non-hydrogen) atoms. The molecule has 2 N–H and O–H groups in total. The Morgan fingerprint density at radius 1 is 1.22 bits per heavy atom. The summed E-state index contributed by atoms with van der Waals surface area (Å²) in [7, 11) is 0. The molecule has 1 saturated carbocycles. The number of nitrogens with one attached hydrogen (secondary N) is 1. The molecule has 126 valence electrons. The highest BCUT2D eigenvalue weighted by Gasteiger charge is 2.35. The normalized spacial score (nSPS) is 24.1. The number of carbonyl (C=O) groups excluding carboxylic acids is 1. The maximum Gasteiger partial charge on any atom is 0.317 e. The van der Waals surface area contributed by atoms with E-state index in [1.165, 1.54) is 24.0 Å². The maximum atomic E-state index is 12.7. The molecule has 2 amide bonds. The second kappa shape index (κ2) is 6.91. The molecule has 3 unspecified atom stereocenters. The smallest absolute Gasteiger partial charge is 0.317 e. The van der Waals surface area contributed by atoms with Gasteiger partial charge in [0.1, 0.15) is 0 Å². The minimum atomic E-state index is -0.345. The lowest BCUT2D eigenvalue weighted by atomic mass is 9.93. The van der Waals surface area contributed by atoms with Crippen LogP contribution in [0.25, 0.3) is 0 Å². The summed E-state index contributed by atoms with van der Waals surface area (Å²) < 4.78 is 0. The molecule has 0 radical (unpaired) electrons. The van der Waals surface area contributed by atoms with Crippen LogP contribution in [0.2, 0.25) is 0 Å². The van der Waals surface area contributed by atoms with E-state index in [1.807, 2.05) is 11.8 Å². The van der Waals surface area contributed by atoms with Gasteiger partial charge in [0.2, 0.25) is 0 Å². The van der Waals surface area contributed by atoms with Crippen LogP contribution in [0.1, 0.15) is 49.8 Å². The van der Waals surface area contributed by atoms with Crippen molar-refractivity contribution in [3.63, 3.8) is 0 Å². The lowest BCUT2D eigenvalue weighted by molar-refractivity contribution is 0.0731. The highest BCUT2D eigenvalue weighted by molar-refractivity contribution is 5.75. The van der Waals surface area contributed by atoms with Crippen molar-refractivity contribution in [3.8, 4) is 0 Å². The van der Waals surface area contributed by atoms with Crippen LogP contribution < -0.4 is 5.32 Å². The van der Waals surface area contributed by atoms with Gasteiger partial charge in [0.15, 0.2) is 0 Å². The summed E-state index contributed by atoms with van der Waals surface area (Å²) >= 11 is 0. The number of amides is 2. The summed E-state index contributed by atoms with van der Waals surface area (Å²) in [4.78, 5) is 14.6. The van der Waals surface area contributed by atoms with Gasteiger partial charge in [-0.05, 0) is 51.0 Å². The first-order chi connectivity index (χ1) is 11.0. The van der Waals surface area contributed by atoms with E-state index < -0.39 is 0 Å². The predicted octanol–water partition coefficient (Wildman–Crippen LogP) is 3.25. The molecular formula is C19H28N2O2. The van der Waals surface area contributed by atoms with Crippen LogP contribution in [0.3, 0.4) is 0 Å². The Balaban J connectivity index is 1.65. The maximum absolute atomic E-state index is 12.7. The molecule has 1 heterocycles. The highest BCUT2D eigenvalue weighted by Crippen LogP contribution is 2.41. The number of hydrogen-bond donors (Lipinski definition) is 2. The predicted molar refractivity (Wildman–Crippen MR) is 91.2 cm³/mol.